The van der Waals surface area contributed by atoms with Crippen LogP contribution in [0.25, 0.3) is 5.65 Å². The number of aromatic nitrogens is 3. The van der Waals surface area contributed by atoms with Crippen LogP contribution in [0.5, 0.6) is 0 Å². The number of anilines is 1. The molecule has 2 N–H and O–H groups in total. The van der Waals surface area contributed by atoms with Crippen molar-refractivity contribution < 1.29 is 0 Å². The molecule has 6 heteroatoms. The molecule has 0 saturated heterocycles. The molecule has 19 heavy (non-hydrogen) atoms. The third-order valence-electron chi connectivity index (χ3n) is 3.20. The number of halogens is 1. The summed E-state index contributed by atoms with van der Waals surface area (Å²) >= 11 is 3.47. The first-order valence-electron chi connectivity index (χ1n) is 6.46. The predicted molar refractivity (Wildman–Crippen MR) is 79.4 cm³/mol. The summed E-state index contributed by atoms with van der Waals surface area (Å²) in [6.45, 7) is 2.96. The lowest BCUT2D eigenvalue weighted by Gasteiger charge is -2.13. The molecule has 0 bridgehead atoms. The zero-order chi connectivity index (χ0) is 13.1. The summed E-state index contributed by atoms with van der Waals surface area (Å²) < 4.78 is 2.73. The Hall–Kier alpha value is -1.40. The smallest absolute Gasteiger partial charge is 0.243 e. The van der Waals surface area contributed by atoms with E-state index in [9.17, 15) is 0 Å². The average Bonchev–Trinajstić information content (AvgIpc) is 2.84. The van der Waals surface area contributed by atoms with Gasteiger partial charge >= 0.3 is 0 Å². The van der Waals surface area contributed by atoms with Crippen molar-refractivity contribution >= 4 is 27.5 Å². The molecule has 3 heterocycles. The normalized spacial score (nSPS) is 15.5. The molecule has 1 aliphatic heterocycles. The highest BCUT2D eigenvalue weighted by Crippen LogP contribution is 2.17. The number of rotatable bonds is 4. The van der Waals surface area contributed by atoms with Crippen LogP contribution in [0.15, 0.2) is 34.5 Å². The molecule has 1 aliphatic rings. The van der Waals surface area contributed by atoms with Crippen LogP contribution in [-0.2, 0) is 0 Å². The van der Waals surface area contributed by atoms with Crippen molar-refractivity contribution in [3.8, 4) is 0 Å². The fourth-order valence-electron chi connectivity index (χ4n) is 2.18. The second-order valence-corrected chi connectivity index (χ2v) is 5.41. The number of nitrogens with one attached hydrogen (secondary N) is 2. The molecule has 0 aliphatic carbocycles. The van der Waals surface area contributed by atoms with Crippen molar-refractivity contribution in [1.29, 1.82) is 0 Å². The van der Waals surface area contributed by atoms with Crippen LogP contribution in [0.2, 0.25) is 0 Å². The van der Waals surface area contributed by atoms with Gasteiger partial charge in [-0.15, -0.1) is 5.10 Å². The maximum atomic E-state index is 4.46. The summed E-state index contributed by atoms with van der Waals surface area (Å²) in [5, 5.41) is 11.0. The Morgan fingerprint density at radius 3 is 3.21 bits per heavy atom. The molecule has 0 radical (unpaired) electrons. The second-order valence-electron chi connectivity index (χ2n) is 4.55. The van der Waals surface area contributed by atoms with Gasteiger partial charge < -0.3 is 10.6 Å². The Balaban J connectivity index is 1.62. The summed E-state index contributed by atoms with van der Waals surface area (Å²) in [7, 11) is 0. The fraction of sp³-hybridized carbons (Fsp3) is 0.385. The van der Waals surface area contributed by atoms with E-state index in [2.05, 4.69) is 42.7 Å². The Morgan fingerprint density at radius 1 is 1.47 bits per heavy atom. The highest BCUT2D eigenvalue weighted by atomic mass is 79.9. The summed E-state index contributed by atoms with van der Waals surface area (Å²) in [5.41, 5.74) is 2.35. The minimum Gasteiger partial charge on any atom is -0.353 e. The van der Waals surface area contributed by atoms with E-state index in [0.717, 1.165) is 42.6 Å². The number of hydrogen-bond donors (Lipinski definition) is 2. The van der Waals surface area contributed by atoms with Crippen LogP contribution in [-0.4, -0.2) is 34.2 Å². The Bertz CT molecular complexity index is 604. The van der Waals surface area contributed by atoms with Crippen LogP contribution >= 0.6 is 15.9 Å². The van der Waals surface area contributed by atoms with Crippen molar-refractivity contribution in [1.82, 2.24) is 19.9 Å². The summed E-state index contributed by atoms with van der Waals surface area (Å²) in [6.07, 6.45) is 6.37. The largest absolute Gasteiger partial charge is 0.353 e. The number of nitrogens with zero attached hydrogens (tertiary/aromatic N) is 3. The van der Waals surface area contributed by atoms with Crippen molar-refractivity contribution in [2.75, 3.05) is 25.0 Å². The first-order valence-corrected chi connectivity index (χ1v) is 7.25. The van der Waals surface area contributed by atoms with Gasteiger partial charge in [-0.25, -0.2) is 4.52 Å². The lowest BCUT2D eigenvalue weighted by Crippen LogP contribution is -2.21. The van der Waals surface area contributed by atoms with E-state index in [0.29, 0.717) is 5.95 Å². The van der Waals surface area contributed by atoms with Gasteiger partial charge in [0.15, 0.2) is 5.65 Å². The molecular formula is C13H16BrN5. The quantitative estimate of drug-likeness (QED) is 0.848. The average molecular weight is 322 g/mol. The molecule has 0 aromatic carbocycles. The van der Waals surface area contributed by atoms with Crippen molar-refractivity contribution in [2.45, 2.75) is 12.8 Å². The lowest BCUT2D eigenvalue weighted by molar-refractivity contribution is 0.683. The summed E-state index contributed by atoms with van der Waals surface area (Å²) in [4.78, 5) is 4.46. The first kappa shape index (κ1) is 12.6. The molecule has 3 rings (SSSR count). The highest BCUT2D eigenvalue weighted by Gasteiger charge is 2.06. The lowest BCUT2D eigenvalue weighted by atomic mass is 10.1. The van der Waals surface area contributed by atoms with Gasteiger partial charge in [0, 0.05) is 19.3 Å². The van der Waals surface area contributed by atoms with Crippen molar-refractivity contribution in [3.63, 3.8) is 0 Å². The maximum Gasteiger partial charge on any atom is 0.243 e. The monoisotopic (exact) mass is 321 g/mol. The van der Waals surface area contributed by atoms with Crippen LogP contribution in [0.1, 0.15) is 12.8 Å². The van der Waals surface area contributed by atoms with E-state index in [1.165, 1.54) is 5.57 Å². The molecule has 0 unspecified atom stereocenters. The van der Waals surface area contributed by atoms with Crippen molar-refractivity contribution in [3.05, 3.63) is 34.5 Å². The standard InChI is InChI=1S/C13H16BrN5/c14-11-2-1-9-19-12(11)17-13(18-19)16-8-5-10-3-6-15-7-4-10/h1-3,9,15H,4-8H2,(H,16,18). The van der Waals surface area contributed by atoms with Gasteiger partial charge in [-0.05, 0) is 47.4 Å². The van der Waals surface area contributed by atoms with E-state index < -0.39 is 0 Å². The Kier molecular flexibility index (Phi) is 3.79. The predicted octanol–water partition coefficient (Wildman–Crippen LogP) is 2.21. The van der Waals surface area contributed by atoms with Gasteiger partial charge in [0.2, 0.25) is 5.95 Å². The zero-order valence-electron chi connectivity index (χ0n) is 10.6. The Labute approximate surface area is 120 Å². The van der Waals surface area contributed by atoms with E-state index in [1.54, 1.807) is 4.52 Å². The van der Waals surface area contributed by atoms with Crippen molar-refractivity contribution in [2.24, 2.45) is 0 Å². The third-order valence-corrected chi connectivity index (χ3v) is 3.82. The maximum absolute atomic E-state index is 4.46. The van der Waals surface area contributed by atoms with Crippen LogP contribution in [0.4, 0.5) is 5.95 Å². The number of pyridine rings is 1. The molecule has 0 fully saturated rings. The molecular weight excluding hydrogens is 306 g/mol. The summed E-state index contributed by atoms with van der Waals surface area (Å²) in [5.74, 6) is 0.682. The molecule has 0 saturated carbocycles. The molecule has 0 atom stereocenters. The third kappa shape index (κ3) is 2.96. The van der Waals surface area contributed by atoms with Gasteiger partial charge in [-0.3, -0.25) is 0 Å². The second kappa shape index (κ2) is 5.71. The van der Waals surface area contributed by atoms with E-state index in [-0.39, 0.29) is 0 Å². The van der Waals surface area contributed by atoms with Gasteiger partial charge in [-0.2, -0.15) is 4.98 Å². The number of hydrogen-bond acceptors (Lipinski definition) is 4. The van der Waals surface area contributed by atoms with Crippen LogP contribution < -0.4 is 10.6 Å². The van der Waals surface area contributed by atoms with Crippen LogP contribution in [0, 0.1) is 0 Å². The van der Waals surface area contributed by atoms with Crippen LogP contribution in [0.3, 0.4) is 0 Å². The van der Waals surface area contributed by atoms with E-state index in [4.69, 9.17) is 0 Å². The SMILES string of the molecule is Brc1cccn2nc(NCCC3=CCNCC3)nc12. The van der Waals surface area contributed by atoms with E-state index >= 15 is 0 Å². The molecule has 5 nitrogen and oxygen atoms in total. The molecule has 0 amide bonds. The molecule has 100 valence electrons. The fourth-order valence-corrected chi connectivity index (χ4v) is 2.60. The minimum absolute atomic E-state index is 0.682. The number of fused-ring (bicyclic) bond motifs is 1. The van der Waals surface area contributed by atoms with E-state index in [1.807, 2.05) is 18.3 Å². The van der Waals surface area contributed by atoms with Gasteiger partial charge in [0.05, 0.1) is 4.47 Å². The zero-order valence-corrected chi connectivity index (χ0v) is 12.2. The topological polar surface area (TPSA) is 54.2 Å². The molecule has 0 spiro atoms. The highest BCUT2D eigenvalue weighted by molar-refractivity contribution is 9.10. The Morgan fingerprint density at radius 2 is 2.42 bits per heavy atom. The molecule has 2 aromatic rings. The van der Waals surface area contributed by atoms with Gasteiger partial charge in [0.25, 0.3) is 0 Å². The van der Waals surface area contributed by atoms with Gasteiger partial charge in [0.1, 0.15) is 0 Å². The molecule has 2 aromatic heterocycles. The first-order chi connectivity index (χ1) is 9.33. The minimum atomic E-state index is 0.682. The van der Waals surface area contributed by atoms with Gasteiger partial charge in [-0.1, -0.05) is 11.6 Å². The summed E-state index contributed by atoms with van der Waals surface area (Å²) in [6, 6.07) is 3.91.